The van der Waals surface area contributed by atoms with Crippen molar-refractivity contribution in [3.63, 3.8) is 0 Å². The van der Waals surface area contributed by atoms with Crippen molar-refractivity contribution in [2.45, 2.75) is 64.1 Å². The average Bonchev–Trinajstić information content (AvgIpc) is 3.31. The normalized spacial score (nSPS) is 21.4. The molecule has 0 radical (unpaired) electrons. The average molecular weight is 481 g/mol. The third-order valence-corrected chi connectivity index (χ3v) is 7.63. The van der Waals surface area contributed by atoms with Crippen LogP contribution in [0.25, 0.3) is 0 Å². The zero-order valence-corrected chi connectivity index (χ0v) is 20.5. The van der Waals surface area contributed by atoms with Gasteiger partial charge in [-0.3, -0.25) is 4.98 Å². The van der Waals surface area contributed by atoms with E-state index in [-0.39, 0.29) is 17.8 Å². The van der Waals surface area contributed by atoms with E-state index in [2.05, 4.69) is 34.8 Å². The molecule has 1 aliphatic heterocycles. The third kappa shape index (κ3) is 4.00. The maximum Gasteiger partial charge on any atom is 0.174 e. The molecule has 0 spiro atoms. The Labute approximate surface area is 205 Å². The van der Waals surface area contributed by atoms with Crippen LogP contribution in [0.4, 0.5) is 5.69 Å². The van der Waals surface area contributed by atoms with Gasteiger partial charge in [-0.05, 0) is 80.9 Å². The lowest BCUT2D eigenvalue weighted by Gasteiger charge is -2.30. The van der Waals surface area contributed by atoms with Crippen molar-refractivity contribution >= 4 is 34.6 Å². The molecule has 1 saturated carbocycles. The molecule has 2 aromatic heterocycles. The van der Waals surface area contributed by atoms with Crippen LogP contribution in [0.5, 0.6) is 5.75 Å². The van der Waals surface area contributed by atoms with Crippen molar-refractivity contribution in [1.82, 2.24) is 14.9 Å². The van der Waals surface area contributed by atoms with Crippen LogP contribution in [0.3, 0.4) is 0 Å². The number of pyridine rings is 1. The predicted octanol–water partition coefficient (Wildman–Crippen LogP) is 6.54. The number of nitrogens with one attached hydrogen (secondary N) is 1. The van der Waals surface area contributed by atoms with Gasteiger partial charge in [0.2, 0.25) is 0 Å². The van der Waals surface area contributed by atoms with Gasteiger partial charge in [0, 0.05) is 28.6 Å². The number of nitrogens with zero attached hydrogens (tertiary/aromatic N) is 3. The molecular formula is C26H29ClN4OS. The van der Waals surface area contributed by atoms with E-state index in [1.807, 2.05) is 29.3 Å². The van der Waals surface area contributed by atoms with Crippen LogP contribution in [0.1, 0.15) is 72.9 Å². The van der Waals surface area contributed by atoms with Gasteiger partial charge in [-0.2, -0.15) is 0 Å². The fourth-order valence-corrected chi connectivity index (χ4v) is 6.13. The van der Waals surface area contributed by atoms with Crippen LogP contribution in [0.15, 0.2) is 48.7 Å². The minimum Gasteiger partial charge on any atom is -0.506 e. The minimum absolute atomic E-state index is 0.149. The Hall–Kier alpha value is -2.57. The van der Waals surface area contributed by atoms with E-state index in [1.165, 1.54) is 49.1 Å². The van der Waals surface area contributed by atoms with Gasteiger partial charge >= 0.3 is 0 Å². The number of halogens is 1. The first-order valence-corrected chi connectivity index (χ1v) is 12.4. The van der Waals surface area contributed by atoms with Gasteiger partial charge in [-0.15, -0.1) is 0 Å². The Balaban J connectivity index is 1.66. The van der Waals surface area contributed by atoms with Crippen molar-refractivity contribution in [2.75, 3.05) is 4.90 Å². The van der Waals surface area contributed by atoms with E-state index in [9.17, 15) is 5.11 Å². The number of anilines is 1. The molecule has 0 unspecified atom stereocenters. The number of phenols is 1. The highest BCUT2D eigenvalue weighted by molar-refractivity contribution is 7.80. The SMILES string of the molecule is Cc1cc([C@@H]2[C@@H](c3ccccn3)NC(=S)N2c2cc(Cl)ccc2O)c(C)n1C1CCCCC1. The summed E-state index contributed by atoms with van der Waals surface area (Å²) in [6, 6.07) is 13.5. The van der Waals surface area contributed by atoms with Crippen LogP contribution < -0.4 is 10.2 Å². The van der Waals surface area contributed by atoms with Gasteiger partial charge in [-0.25, -0.2) is 0 Å². The molecule has 2 aliphatic rings. The lowest BCUT2D eigenvalue weighted by molar-refractivity contribution is 0.345. The molecule has 0 bridgehead atoms. The van der Waals surface area contributed by atoms with Gasteiger partial charge in [0.25, 0.3) is 0 Å². The van der Waals surface area contributed by atoms with E-state index >= 15 is 0 Å². The Kier molecular flexibility index (Phi) is 6.06. The van der Waals surface area contributed by atoms with E-state index < -0.39 is 0 Å². The molecule has 172 valence electrons. The van der Waals surface area contributed by atoms with Gasteiger partial charge < -0.3 is 19.9 Å². The summed E-state index contributed by atoms with van der Waals surface area (Å²) in [5.41, 5.74) is 5.23. The molecule has 2 atom stereocenters. The number of aryl methyl sites for hydroxylation is 1. The largest absolute Gasteiger partial charge is 0.506 e. The molecule has 1 aliphatic carbocycles. The molecule has 2 N–H and O–H groups in total. The highest BCUT2D eigenvalue weighted by atomic mass is 35.5. The number of hydrogen-bond donors (Lipinski definition) is 2. The molecular weight excluding hydrogens is 452 g/mol. The summed E-state index contributed by atoms with van der Waals surface area (Å²) in [5, 5.41) is 15.3. The molecule has 5 nitrogen and oxygen atoms in total. The smallest absolute Gasteiger partial charge is 0.174 e. The van der Waals surface area contributed by atoms with Crippen LogP contribution >= 0.6 is 23.8 Å². The molecule has 5 rings (SSSR count). The van der Waals surface area contributed by atoms with Crippen LogP contribution in [-0.4, -0.2) is 19.8 Å². The summed E-state index contributed by atoms with van der Waals surface area (Å²) in [6.45, 7) is 4.41. The topological polar surface area (TPSA) is 53.3 Å². The summed E-state index contributed by atoms with van der Waals surface area (Å²) in [7, 11) is 0. The zero-order valence-electron chi connectivity index (χ0n) is 19.0. The quantitative estimate of drug-likeness (QED) is 0.415. The minimum atomic E-state index is -0.166. The third-order valence-electron chi connectivity index (χ3n) is 7.08. The number of benzene rings is 1. The van der Waals surface area contributed by atoms with E-state index in [1.54, 1.807) is 18.2 Å². The maximum atomic E-state index is 10.8. The molecule has 1 aromatic carbocycles. The summed E-state index contributed by atoms with van der Waals surface area (Å²) in [5.74, 6) is 0.149. The molecule has 0 amide bonds. The molecule has 1 saturated heterocycles. The first-order chi connectivity index (χ1) is 16.0. The second-order valence-electron chi connectivity index (χ2n) is 9.12. The van der Waals surface area contributed by atoms with Crippen molar-refractivity contribution in [3.8, 4) is 5.75 Å². The Bertz CT molecular complexity index is 1170. The monoisotopic (exact) mass is 480 g/mol. The van der Waals surface area contributed by atoms with Crippen molar-refractivity contribution in [3.05, 3.63) is 76.3 Å². The Morgan fingerprint density at radius 1 is 1.09 bits per heavy atom. The van der Waals surface area contributed by atoms with Gasteiger partial charge in [0.05, 0.1) is 23.5 Å². The predicted molar refractivity (Wildman–Crippen MR) is 137 cm³/mol. The highest BCUT2D eigenvalue weighted by Crippen LogP contribution is 2.47. The van der Waals surface area contributed by atoms with E-state index in [0.717, 1.165) is 5.69 Å². The number of aromatic hydroxyl groups is 1. The van der Waals surface area contributed by atoms with Crippen molar-refractivity contribution < 1.29 is 5.11 Å². The van der Waals surface area contributed by atoms with Crippen LogP contribution in [0.2, 0.25) is 5.02 Å². The first kappa shape index (κ1) is 22.2. The number of thiocarbonyl (C=S) groups is 1. The van der Waals surface area contributed by atoms with Gasteiger partial charge in [-0.1, -0.05) is 36.9 Å². The van der Waals surface area contributed by atoms with Crippen LogP contribution in [0, 0.1) is 13.8 Å². The lowest BCUT2D eigenvalue weighted by Crippen LogP contribution is -2.29. The summed E-state index contributed by atoms with van der Waals surface area (Å²) < 4.78 is 2.52. The summed E-state index contributed by atoms with van der Waals surface area (Å²) in [6.07, 6.45) is 8.14. The van der Waals surface area contributed by atoms with Gasteiger partial charge in [0.1, 0.15) is 5.75 Å². The Morgan fingerprint density at radius 2 is 1.88 bits per heavy atom. The number of phenolic OH excluding ortho intramolecular Hbond substituents is 1. The van der Waals surface area contributed by atoms with Crippen molar-refractivity contribution in [2.24, 2.45) is 0 Å². The molecule has 2 fully saturated rings. The van der Waals surface area contributed by atoms with Crippen LogP contribution in [-0.2, 0) is 0 Å². The van der Waals surface area contributed by atoms with Crippen molar-refractivity contribution in [1.29, 1.82) is 0 Å². The second kappa shape index (κ2) is 8.99. The maximum absolute atomic E-state index is 10.8. The standard InChI is InChI=1S/C26H29ClN4OS/c1-16-14-20(17(2)30(16)19-8-4-3-5-9-19)25-24(21-10-6-7-13-28-21)29-26(33)31(25)22-15-18(27)11-12-23(22)32/h6-7,10-15,19,24-25,32H,3-5,8-9H2,1-2H3,(H,29,33)/t24-,25-/m1/s1. The second-order valence-corrected chi connectivity index (χ2v) is 9.94. The van der Waals surface area contributed by atoms with Gasteiger partial charge in [0.15, 0.2) is 5.11 Å². The zero-order chi connectivity index (χ0) is 23.1. The molecule has 33 heavy (non-hydrogen) atoms. The summed E-state index contributed by atoms with van der Waals surface area (Å²) >= 11 is 12.1. The number of hydrogen-bond acceptors (Lipinski definition) is 3. The molecule has 7 heteroatoms. The molecule has 3 aromatic rings. The Morgan fingerprint density at radius 3 is 2.61 bits per heavy atom. The van der Waals surface area contributed by atoms with E-state index in [0.29, 0.717) is 21.9 Å². The molecule has 3 heterocycles. The van der Waals surface area contributed by atoms with E-state index in [4.69, 9.17) is 23.8 Å². The lowest BCUT2D eigenvalue weighted by atomic mass is 9.94. The highest BCUT2D eigenvalue weighted by Gasteiger charge is 2.43. The fraction of sp³-hybridized carbons (Fsp3) is 0.385. The fourth-order valence-electron chi connectivity index (χ4n) is 5.62. The summed E-state index contributed by atoms with van der Waals surface area (Å²) in [4.78, 5) is 6.65. The number of rotatable bonds is 4. The number of aromatic nitrogens is 2. The first-order valence-electron chi connectivity index (χ1n) is 11.6.